The van der Waals surface area contributed by atoms with Gasteiger partial charge in [-0.05, 0) is 36.4 Å². The Bertz CT molecular complexity index is 989. The Kier molecular flexibility index (Phi) is 5.59. The normalized spacial score (nSPS) is 18.3. The predicted octanol–water partition coefficient (Wildman–Crippen LogP) is 1.58. The molecule has 1 aliphatic heterocycles. The fraction of sp³-hybridized carbons (Fsp3) is 0.118. The van der Waals surface area contributed by atoms with Crippen molar-refractivity contribution >= 4 is 50.1 Å². The maximum absolute atomic E-state index is 12.1. The van der Waals surface area contributed by atoms with Gasteiger partial charge in [-0.15, -0.1) is 0 Å². The summed E-state index contributed by atoms with van der Waals surface area (Å²) in [5.74, 6) is -0.573. The Morgan fingerprint density at radius 2 is 1.81 bits per heavy atom. The van der Waals surface area contributed by atoms with Crippen molar-refractivity contribution in [1.29, 1.82) is 0 Å². The summed E-state index contributed by atoms with van der Waals surface area (Å²) in [6.07, 6.45) is 0.00870. The summed E-state index contributed by atoms with van der Waals surface area (Å²) >= 11 is 1.15. The minimum absolute atomic E-state index is 0.00870. The van der Waals surface area contributed by atoms with Crippen LogP contribution in [0.2, 0.25) is 0 Å². The molecule has 2 aromatic carbocycles. The summed E-state index contributed by atoms with van der Waals surface area (Å²) in [7, 11) is -3.77. The minimum Gasteiger partial charge on any atom is -0.326 e. The number of rotatable bonds is 5. The molecule has 1 unspecified atom stereocenters. The van der Waals surface area contributed by atoms with Gasteiger partial charge < -0.3 is 10.6 Å². The molecule has 1 fully saturated rings. The maximum Gasteiger partial charge on any atom is 0.240 e. The smallest absolute Gasteiger partial charge is 0.240 e. The number of nitrogens with one attached hydrogen (secondary N) is 2. The number of sulfonamides is 1. The number of hydrogen-bond acceptors (Lipinski definition) is 6. The lowest BCUT2D eigenvalue weighted by Crippen LogP contribution is -2.28. The fourth-order valence-corrected chi connectivity index (χ4v) is 3.83. The molecular weight excluding hydrogens is 388 g/mol. The Hall–Kier alpha value is -2.69. The van der Waals surface area contributed by atoms with E-state index in [9.17, 15) is 18.0 Å². The molecule has 0 bridgehead atoms. The number of amidine groups is 1. The zero-order valence-corrected chi connectivity index (χ0v) is 15.6. The van der Waals surface area contributed by atoms with E-state index in [1.165, 1.54) is 24.3 Å². The van der Waals surface area contributed by atoms with Crippen molar-refractivity contribution in [2.24, 2.45) is 10.1 Å². The molecule has 0 radical (unpaired) electrons. The van der Waals surface area contributed by atoms with Gasteiger partial charge in [0.25, 0.3) is 0 Å². The van der Waals surface area contributed by atoms with E-state index in [1.807, 2.05) is 6.07 Å². The predicted molar refractivity (Wildman–Crippen MR) is 104 cm³/mol. The molecule has 140 valence electrons. The van der Waals surface area contributed by atoms with E-state index in [4.69, 9.17) is 5.14 Å². The van der Waals surface area contributed by atoms with Crippen LogP contribution >= 0.6 is 11.8 Å². The van der Waals surface area contributed by atoms with Crippen LogP contribution < -0.4 is 15.8 Å². The van der Waals surface area contributed by atoms with E-state index in [0.717, 1.165) is 11.8 Å². The standard InChI is InChI=1S/C17H16N4O4S2/c18-27(24,25)13-8-6-12(7-9-13)20-17-21-16(23)14(26-17)10-15(22)19-11-4-2-1-3-5-11/h1-9,14H,10H2,(H,19,22)(H2,18,24,25)(H,20,21,23). The van der Waals surface area contributed by atoms with Crippen molar-refractivity contribution in [3.63, 3.8) is 0 Å². The number of primary sulfonamides is 1. The average Bonchev–Trinajstić information content (AvgIpc) is 2.94. The minimum atomic E-state index is -3.77. The third kappa shape index (κ3) is 5.16. The molecule has 10 heteroatoms. The molecule has 0 saturated carbocycles. The van der Waals surface area contributed by atoms with Gasteiger partial charge in [-0.2, -0.15) is 0 Å². The van der Waals surface area contributed by atoms with Crippen LogP contribution in [0, 0.1) is 0 Å². The first-order valence-electron chi connectivity index (χ1n) is 7.85. The summed E-state index contributed by atoms with van der Waals surface area (Å²) in [6, 6.07) is 14.6. The van der Waals surface area contributed by atoms with Crippen molar-refractivity contribution < 1.29 is 18.0 Å². The Labute approximate surface area is 160 Å². The zero-order valence-electron chi connectivity index (χ0n) is 14.0. The number of para-hydroxylation sites is 1. The van der Waals surface area contributed by atoms with Crippen molar-refractivity contribution in [1.82, 2.24) is 5.32 Å². The summed E-state index contributed by atoms with van der Waals surface area (Å²) < 4.78 is 22.5. The molecule has 0 aliphatic carbocycles. The summed E-state index contributed by atoms with van der Waals surface area (Å²) in [5, 5.41) is 10.2. The summed E-state index contributed by atoms with van der Waals surface area (Å²) in [4.78, 5) is 28.4. The molecule has 1 atom stereocenters. The Balaban J connectivity index is 1.63. The van der Waals surface area contributed by atoms with Gasteiger partial charge in [0, 0.05) is 12.1 Å². The van der Waals surface area contributed by atoms with Crippen LogP contribution in [0.1, 0.15) is 6.42 Å². The molecule has 2 aromatic rings. The van der Waals surface area contributed by atoms with Gasteiger partial charge >= 0.3 is 0 Å². The zero-order chi connectivity index (χ0) is 19.4. The molecule has 1 aliphatic rings. The number of amides is 2. The van der Waals surface area contributed by atoms with Crippen molar-refractivity contribution in [3.05, 3.63) is 54.6 Å². The summed E-state index contributed by atoms with van der Waals surface area (Å²) in [6.45, 7) is 0. The van der Waals surface area contributed by atoms with Crippen LogP contribution in [0.15, 0.2) is 64.5 Å². The molecule has 3 rings (SSSR count). The second-order valence-corrected chi connectivity index (χ2v) is 8.42. The average molecular weight is 404 g/mol. The van der Waals surface area contributed by atoms with Gasteiger partial charge in [-0.1, -0.05) is 30.0 Å². The molecule has 4 N–H and O–H groups in total. The highest BCUT2D eigenvalue weighted by atomic mass is 32.2. The van der Waals surface area contributed by atoms with Crippen LogP contribution in [0.25, 0.3) is 0 Å². The first-order chi connectivity index (χ1) is 12.8. The van der Waals surface area contributed by atoms with Crippen LogP contribution in [0.4, 0.5) is 11.4 Å². The lowest BCUT2D eigenvalue weighted by Gasteiger charge is -2.07. The first kappa shape index (κ1) is 19.1. The maximum atomic E-state index is 12.1. The highest BCUT2D eigenvalue weighted by Gasteiger charge is 2.32. The number of benzene rings is 2. The molecule has 0 aromatic heterocycles. The number of anilines is 1. The second kappa shape index (κ2) is 7.91. The molecular formula is C17H16N4O4S2. The number of carbonyl (C=O) groups excluding carboxylic acids is 2. The van der Waals surface area contributed by atoms with E-state index >= 15 is 0 Å². The molecule has 2 amide bonds. The van der Waals surface area contributed by atoms with Crippen LogP contribution in [-0.4, -0.2) is 30.6 Å². The van der Waals surface area contributed by atoms with Crippen LogP contribution in [0.3, 0.4) is 0 Å². The van der Waals surface area contributed by atoms with Crippen molar-refractivity contribution in [2.75, 3.05) is 5.32 Å². The third-order valence-electron chi connectivity index (χ3n) is 3.60. The topological polar surface area (TPSA) is 131 Å². The fourth-order valence-electron chi connectivity index (χ4n) is 2.32. The van der Waals surface area contributed by atoms with Crippen molar-refractivity contribution in [2.45, 2.75) is 16.6 Å². The third-order valence-corrected chi connectivity index (χ3v) is 5.61. The van der Waals surface area contributed by atoms with E-state index in [1.54, 1.807) is 24.3 Å². The Morgan fingerprint density at radius 1 is 1.15 bits per heavy atom. The van der Waals surface area contributed by atoms with Crippen LogP contribution in [0.5, 0.6) is 0 Å². The first-order valence-corrected chi connectivity index (χ1v) is 10.3. The van der Waals surface area contributed by atoms with Gasteiger partial charge in [-0.25, -0.2) is 18.5 Å². The number of hydrogen-bond donors (Lipinski definition) is 3. The van der Waals surface area contributed by atoms with E-state index in [2.05, 4.69) is 15.6 Å². The monoisotopic (exact) mass is 404 g/mol. The Morgan fingerprint density at radius 3 is 2.44 bits per heavy atom. The largest absolute Gasteiger partial charge is 0.326 e. The van der Waals surface area contributed by atoms with Gasteiger partial charge in [0.2, 0.25) is 21.8 Å². The van der Waals surface area contributed by atoms with Crippen molar-refractivity contribution in [3.8, 4) is 0 Å². The number of nitrogens with two attached hydrogens (primary N) is 1. The van der Waals surface area contributed by atoms with Gasteiger partial charge in [0.15, 0.2) is 5.17 Å². The molecule has 8 nitrogen and oxygen atoms in total. The van der Waals surface area contributed by atoms with Gasteiger partial charge in [0.05, 0.1) is 10.6 Å². The van der Waals surface area contributed by atoms with Gasteiger partial charge in [-0.3, -0.25) is 9.59 Å². The quantitative estimate of drug-likeness (QED) is 0.696. The van der Waals surface area contributed by atoms with E-state index in [0.29, 0.717) is 16.5 Å². The number of nitrogens with zero attached hydrogens (tertiary/aromatic N) is 1. The number of carbonyl (C=O) groups is 2. The summed E-state index contributed by atoms with van der Waals surface area (Å²) in [5.41, 5.74) is 1.12. The van der Waals surface area contributed by atoms with E-state index in [-0.39, 0.29) is 23.1 Å². The highest BCUT2D eigenvalue weighted by molar-refractivity contribution is 8.15. The molecule has 27 heavy (non-hydrogen) atoms. The lowest BCUT2D eigenvalue weighted by molar-refractivity contribution is -0.122. The van der Waals surface area contributed by atoms with Gasteiger partial charge in [0.1, 0.15) is 5.25 Å². The highest BCUT2D eigenvalue weighted by Crippen LogP contribution is 2.26. The lowest BCUT2D eigenvalue weighted by atomic mass is 10.2. The number of aliphatic imine (C=N–C) groups is 1. The SMILES string of the molecule is NS(=O)(=O)c1ccc(N=C2NC(=O)C(CC(=O)Nc3ccccc3)S2)cc1. The second-order valence-electron chi connectivity index (χ2n) is 5.67. The number of thioether (sulfide) groups is 1. The molecule has 1 heterocycles. The van der Waals surface area contributed by atoms with Crippen LogP contribution in [-0.2, 0) is 19.6 Å². The van der Waals surface area contributed by atoms with E-state index < -0.39 is 15.3 Å². The molecule has 1 saturated heterocycles. The molecule has 0 spiro atoms.